The van der Waals surface area contributed by atoms with Crippen molar-refractivity contribution in [2.24, 2.45) is 0 Å². The number of hydrogen-bond acceptors (Lipinski definition) is 8. The first-order valence-electron chi connectivity index (χ1n) is 14.9. The third kappa shape index (κ3) is 6.33. The molecule has 1 unspecified atom stereocenters. The van der Waals surface area contributed by atoms with Crippen molar-refractivity contribution >= 4 is 23.3 Å². The molecule has 1 atom stereocenters. The number of hydrazine groups is 1. The zero-order valence-corrected chi connectivity index (χ0v) is 26.1. The number of rotatable bonds is 6. The van der Waals surface area contributed by atoms with E-state index >= 15 is 0 Å². The molecule has 1 fully saturated rings. The van der Waals surface area contributed by atoms with Gasteiger partial charge in [-0.2, -0.15) is 5.26 Å². The van der Waals surface area contributed by atoms with Gasteiger partial charge in [-0.1, -0.05) is 0 Å². The highest BCUT2D eigenvalue weighted by molar-refractivity contribution is 5.93. The van der Waals surface area contributed by atoms with Crippen molar-refractivity contribution in [1.29, 1.82) is 5.26 Å². The lowest BCUT2D eigenvalue weighted by Gasteiger charge is -2.34. The molecule has 43 heavy (non-hydrogen) atoms. The fourth-order valence-corrected chi connectivity index (χ4v) is 6.00. The Bertz CT molecular complexity index is 1590. The van der Waals surface area contributed by atoms with E-state index in [2.05, 4.69) is 46.0 Å². The third-order valence-electron chi connectivity index (χ3n) is 7.88. The van der Waals surface area contributed by atoms with Crippen LogP contribution in [0.3, 0.4) is 0 Å². The summed E-state index contributed by atoms with van der Waals surface area (Å²) in [5, 5.41) is 11.8. The lowest BCUT2D eigenvalue weighted by molar-refractivity contribution is 0.0186. The average Bonchev–Trinajstić information content (AvgIpc) is 3.55. The lowest BCUT2D eigenvalue weighted by atomic mass is 10.00. The van der Waals surface area contributed by atoms with Crippen LogP contribution in [0.25, 0.3) is 16.6 Å². The third-order valence-corrected chi connectivity index (χ3v) is 7.88. The first-order valence-corrected chi connectivity index (χ1v) is 14.9. The van der Waals surface area contributed by atoms with Crippen molar-refractivity contribution in [2.75, 3.05) is 37.9 Å². The molecule has 10 nitrogen and oxygen atoms in total. The highest BCUT2D eigenvalue weighted by Crippen LogP contribution is 2.37. The van der Waals surface area contributed by atoms with E-state index in [-0.39, 0.29) is 18.1 Å². The molecule has 2 aliphatic rings. The maximum absolute atomic E-state index is 13.2. The van der Waals surface area contributed by atoms with E-state index < -0.39 is 11.7 Å². The molecular weight excluding hydrogens is 546 g/mol. The van der Waals surface area contributed by atoms with Crippen LogP contribution < -0.4 is 10.4 Å². The molecule has 1 amide bonds. The van der Waals surface area contributed by atoms with Crippen LogP contribution in [0.1, 0.15) is 80.3 Å². The number of benzene rings is 1. The number of amides is 1. The molecule has 10 heteroatoms. The van der Waals surface area contributed by atoms with Gasteiger partial charge in [0.15, 0.2) is 0 Å². The van der Waals surface area contributed by atoms with Crippen LogP contribution in [-0.2, 0) is 20.6 Å². The number of carbonyl (C=O) groups is 2. The molecule has 1 saturated heterocycles. The SMILES string of the molecule is Cc1c(C(=O)OC(C)C)cc2cc(-c3cc(C#N)c4c(c3)CCN4NC(=O)OC(C)(C)C)cn2c1C(C)N1CCOCC1. The molecule has 1 aromatic carbocycles. The van der Waals surface area contributed by atoms with E-state index in [4.69, 9.17) is 14.2 Å². The molecule has 0 bridgehead atoms. The van der Waals surface area contributed by atoms with Crippen molar-refractivity contribution in [3.05, 3.63) is 58.4 Å². The molecule has 5 rings (SSSR count). The predicted octanol–water partition coefficient (Wildman–Crippen LogP) is 5.55. The summed E-state index contributed by atoms with van der Waals surface area (Å²) < 4.78 is 18.8. The first-order chi connectivity index (χ1) is 20.4. The highest BCUT2D eigenvalue weighted by atomic mass is 16.6. The summed E-state index contributed by atoms with van der Waals surface area (Å²) in [4.78, 5) is 28.0. The average molecular weight is 588 g/mol. The zero-order valence-electron chi connectivity index (χ0n) is 26.1. The van der Waals surface area contributed by atoms with Gasteiger partial charge in [0.25, 0.3) is 0 Å². The smallest absolute Gasteiger partial charge is 0.426 e. The number of anilines is 1. The van der Waals surface area contributed by atoms with Crippen molar-refractivity contribution in [3.8, 4) is 17.2 Å². The Morgan fingerprint density at radius 1 is 1.05 bits per heavy atom. The molecule has 4 heterocycles. The fourth-order valence-electron chi connectivity index (χ4n) is 6.00. The minimum absolute atomic E-state index is 0.0284. The first kappa shape index (κ1) is 30.4. The predicted molar refractivity (Wildman–Crippen MR) is 164 cm³/mol. The van der Waals surface area contributed by atoms with Crippen LogP contribution in [0, 0.1) is 18.3 Å². The number of ether oxygens (including phenoxy) is 3. The topological polar surface area (TPSA) is 109 Å². The standard InChI is InChI=1S/C33H41N5O5/c1-20(2)42-31(39)28-17-27-16-26(19-37(27)29(21(28)3)22(4)36-10-12-41-13-11-36)24-14-23-8-9-38(30(23)25(15-24)18-34)35-32(40)43-33(5,6)7/h14-17,19-20,22H,8-13H2,1-7H3,(H,35,40). The zero-order chi connectivity index (χ0) is 31.1. The molecule has 0 aliphatic carbocycles. The second-order valence-corrected chi connectivity index (χ2v) is 12.5. The number of nitriles is 1. The maximum atomic E-state index is 13.2. The summed E-state index contributed by atoms with van der Waals surface area (Å²) in [5.41, 5.74) is 9.46. The van der Waals surface area contributed by atoms with Gasteiger partial charge < -0.3 is 18.6 Å². The van der Waals surface area contributed by atoms with Gasteiger partial charge >= 0.3 is 12.1 Å². The molecule has 0 saturated carbocycles. The Balaban J connectivity index is 1.57. The number of aromatic nitrogens is 1. The van der Waals surface area contributed by atoms with Crippen molar-refractivity contribution in [3.63, 3.8) is 0 Å². The summed E-state index contributed by atoms with van der Waals surface area (Å²) in [5.74, 6) is -0.338. The van der Waals surface area contributed by atoms with Crippen molar-refractivity contribution in [1.82, 2.24) is 14.7 Å². The fraction of sp³-hybridized carbons (Fsp3) is 0.485. The van der Waals surface area contributed by atoms with Crippen LogP contribution in [0.5, 0.6) is 0 Å². The van der Waals surface area contributed by atoms with E-state index in [1.165, 1.54) is 0 Å². The normalized spacial score (nSPS) is 16.2. The van der Waals surface area contributed by atoms with Gasteiger partial charge in [0.05, 0.1) is 36.1 Å². The van der Waals surface area contributed by atoms with E-state index in [1.54, 1.807) is 5.01 Å². The van der Waals surface area contributed by atoms with E-state index in [0.717, 1.165) is 46.6 Å². The summed E-state index contributed by atoms with van der Waals surface area (Å²) in [6.07, 6.45) is 1.97. The number of hydrogen-bond donors (Lipinski definition) is 1. The van der Waals surface area contributed by atoms with Crippen LogP contribution in [0.2, 0.25) is 0 Å². The molecule has 3 aromatic rings. The molecular formula is C33H41N5O5. The van der Waals surface area contributed by atoms with Gasteiger partial charge in [0.2, 0.25) is 0 Å². The lowest BCUT2D eigenvalue weighted by Crippen LogP contribution is -2.44. The Kier molecular flexibility index (Phi) is 8.41. The van der Waals surface area contributed by atoms with Gasteiger partial charge in [0, 0.05) is 48.6 Å². The number of esters is 1. The summed E-state index contributed by atoms with van der Waals surface area (Å²) >= 11 is 0. The highest BCUT2D eigenvalue weighted by Gasteiger charge is 2.29. The van der Waals surface area contributed by atoms with E-state index in [0.29, 0.717) is 43.0 Å². The van der Waals surface area contributed by atoms with Gasteiger partial charge in [-0.3, -0.25) is 9.91 Å². The summed E-state index contributed by atoms with van der Waals surface area (Å²) in [7, 11) is 0. The minimum atomic E-state index is -0.631. The Labute approximate surface area is 253 Å². The second kappa shape index (κ2) is 11.9. The van der Waals surface area contributed by atoms with Crippen LogP contribution in [0.15, 0.2) is 30.5 Å². The van der Waals surface area contributed by atoms with Gasteiger partial charge in [-0.25, -0.2) is 15.0 Å². The van der Waals surface area contributed by atoms with E-state index in [1.807, 2.05) is 53.7 Å². The minimum Gasteiger partial charge on any atom is -0.459 e. The van der Waals surface area contributed by atoms with Crippen LogP contribution >= 0.6 is 0 Å². The molecule has 0 spiro atoms. The molecule has 2 aromatic heterocycles. The number of nitrogens with one attached hydrogen (secondary N) is 1. The largest absolute Gasteiger partial charge is 0.459 e. The number of nitrogens with zero attached hydrogens (tertiary/aromatic N) is 4. The summed E-state index contributed by atoms with van der Waals surface area (Å²) in [6, 6.07) is 10.2. The van der Waals surface area contributed by atoms with Gasteiger partial charge in [-0.15, -0.1) is 0 Å². The number of pyridine rings is 1. The van der Waals surface area contributed by atoms with Gasteiger partial charge in [0.1, 0.15) is 11.7 Å². The van der Waals surface area contributed by atoms with Crippen molar-refractivity contribution < 1.29 is 23.8 Å². The van der Waals surface area contributed by atoms with Crippen LogP contribution in [0.4, 0.5) is 10.5 Å². The molecule has 1 N–H and O–H groups in total. The Morgan fingerprint density at radius 3 is 2.42 bits per heavy atom. The monoisotopic (exact) mass is 587 g/mol. The van der Waals surface area contributed by atoms with E-state index in [9.17, 15) is 14.9 Å². The number of carbonyl (C=O) groups excluding carboxylic acids is 2. The number of morpholine rings is 1. The second-order valence-electron chi connectivity index (χ2n) is 12.5. The maximum Gasteiger partial charge on any atom is 0.426 e. The Morgan fingerprint density at radius 2 is 1.77 bits per heavy atom. The quantitative estimate of drug-likeness (QED) is 0.374. The molecule has 0 radical (unpaired) electrons. The molecule has 228 valence electrons. The van der Waals surface area contributed by atoms with Gasteiger partial charge in [-0.05, 0) is 95.8 Å². The number of fused-ring (bicyclic) bond motifs is 2. The Hall–Kier alpha value is -4.07. The van der Waals surface area contributed by atoms with Crippen molar-refractivity contribution in [2.45, 2.75) is 72.6 Å². The summed E-state index contributed by atoms with van der Waals surface area (Å²) in [6.45, 7) is 16.8. The van der Waals surface area contributed by atoms with Crippen LogP contribution in [-0.4, -0.2) is 65.9 Å². The molecule has 2 aliphatic heterocycles.